The van der Waals surface area contributed by atoms with Gasteiger partial charge in [0, 0.05) is 22.8 Å². The van der Waals surface area contributed by atoms with E-state index in [2.05, 4.69) is 22.4 Å². The fourth-order valence-corrected chi connectivity index (χ4v) is 2.37. The van der Waals surface area contributed by atoms with E-state index in [-0.39, 0.29) is 6.04 Å². The largest absolute Gasteiger partial charge is 0.464 e. The summed E-state index contributed by atoms with van der Waals surface area (Å²) >= 11 is 0. The van der Waals surface area contributed by atoms with Crippen LogP contribution >= 0.6 is 0 Å². The number of aromatic nitrogens is 1. The molecule has 2 aromatic heterocycles. The number of aryl methyl sites for hydroxylation is 1. The lowest BCUT2D eigenvalue weighted by atomic mass is 9.99. The molecule has 2 heterocycles. The maximum Gasteiger partial charge on any atom is 0.134 e. The zero-order chi connectivity index (χ0) is 13.2. The van der Waals surface area contributed by atoms with Gasteiger partial charge in [0.15, 0.2) is 0 Å². The van der Waals surface area contributed by atoms with Gasteiger partial charge in [0.2, 0.25) is 0 Å². The molecule has 0 fully saturated rings. The number of benzene rings is 1. The molecule has 1 unspecified atom stereocenters. The van der Waals surface area contributed by atoms with Crippen molar-refractivity contribution in [2.45, 2.75) is 13.0 Å². The van der Waals surface area contributed by atoms with Crippen LogP contribution < -0.4 is 5.32 Å². The topological polar surface area (TPSA) is 38.1 Å². The van der Waals surface area contributed by atoms with E-state index < -0.39 is 0 Å². The molecule has 1 N–H and O–H groups in total. The van der Waals surface area contributed by atoms with Crippen molar-refractivity contribution < 1.29 is 4.42 Å². The van der Waals surface area contributed by atoms with Gasteiger partial charge in [0.05, 0.1) is 12.3 Å². The van der Waals surface area contributed by atoms with Crippen LogP contribution in [0, 0.1) is 6.92 Å². The summed E-state index contributed by atoms with van der Waals surface area (Å²) in [5, 5.41) is 4.47. The maximum atomic E-state index is 5.62. The number of fused-ring (bicyclic) bond motifs is 1. The Morgan fingerprint density at radius 3 is 2.74 bits per heavy atom. The second kappa shape index (κ2) is 4.86. The van der Waals surface area contributed by atoms with Gasteiger partial charge in [-0.3, -0.25) is 4.98 Å². The smallest absolute Gasteiger partial charge is 0.134 e. The molecule has 96 valence electrons. The van der Waals surface area contributed by atoms with E-state index >= 15 is 0 Å². The average Bonchev–Trinajstić information content (AvgIpc) is 2.86. The Hall–Kier alpha value is -2.13. The Morgan fingerprint density at radius 1 is 1.16 bits per heavy atom. The van der Waals surface area contributed by atoms with Crippen molar-refractivity contribution in [1.82, 2.24) is 10.3 Å². The van der Waals surface area contributed by atoms with Crippen molar-refractivity contribution in [2.24, 2.45) is 0 Å². The summed E-state index contributed by atoms with van der Waals surface area (Å²) < 4.78 is 5.62. The van der Waals surface area contributed by atoms with Gasteiger partial charge in [0.25, 0.3) is 0 Å². The first kappa shape index (κ1) is 11.9. The van der Waals surface area contributed by atoms with Crippen molar-refractivity contribution in [1.29, 1.82) is 0 Å². The van der Waals surface area contributed by atoms with Crippen LogP contribution in [-0.2, 0) is 0 Å². The molecule has 0 aliphatic carbocycles. The predicted molar refractivity (Wildman–Crippen MR) is 76.1 cm³/mol. The highest BCUT2D eigenvalue weighted by Gasteiger charge is 2.17. The van der Waals surface area contributed by atoms with Gasteiger partial charge in [-0.2, -0.15) is 0 Å². The summed E-state index contributed by atoms with van der Waals surface area (Å²) in [6, 6.07) is 12.3. The van der Waals surface area contributed by atoms with E-state index in [4.69, 9.17) is 4.42 Å². The van der Waals surface area contributed by atoms with Gasteiger partial charge in [-0.25, -0.2) is 0 Å². The second-order valence-electron chi connectivity index (χ2n) is 4.64. The lowest BCUT2D eigenvalue weighted by Crippen LogP contribution is -2.17. The summed E-state index contributed by atoms with van der Waals surface area (Å²) in [5.41, 5.74) is 4.22. The van der Waals surface area contributed by atoms with Gasteiger partial charge < -0.3 is 9.73 Å². The third kappa shape index (κ3) is 2.13. The number of hydrogen-bond donors (Lipinski definition) is 1. The van der Waals surface area contributed by atoms with Crippen molar-refractivity contribution in [3.05, 3.63) is 65.7 Å². The monoisotopic (exact) mass is 252 g/mol. The number of nitrogens with one attached hydrogen (secondary N) is 1. The molecule has 0 saturated carbocycles. The SMILES string of the molecule is CNC(c1ccc(C)nc1)c1coc2ccccc12. The van der Waals surface area contributed by atoms with E-state index in [1.807, 2.05) is 50.7 Å². The predicted octanol–water partition coefficient (Wildman–Crippen LogP) is 3.45. The minimum Gasteiger partial charge on any atom is -0.464 e. The summed E-state index contributed by atoms with van der Waals surface area (Å²) in [7, 11) is 1.95. The molecule has 0 radical (unpaired) electrons. The standard InChI is InChI=1S/C16H16N2O/c1-11-7-8-12(9-18-11)16(17-2)14-10-19-15-6-4-3-5-13(14)15/h3-10,16-17H,1-2H3. The fraction of sp³-hybridized carbons (Fsp3) is 0.188. The Bertz CT molecular complexity index is 685. The Kier molecular flexibility index (Phi) is 3.05. The van der Waals surface area contributed by atoms with Crippen LogP contribution in [0.3, 0.4) is 0 Å². The van der Waals surface area contributed by atoms with Gasteiger partial charge in [-0.15, -0.1) is 0 Å². The summed E-state index contributed by atoms with van der Waals surface area (Å²) in [5.74, 6) is 0. The number of furan rings is 1. The Labute approximate surface area is 112 Å². The second-order valence-corrected chi connectivity index (χ2v) is 4.64. The first-order chi connectivity index (χ1) is 9.29. The van der Waals surface area contributed by atoms with E-state index in [1.54, 1.807) is 0 Å². The van der Waals surface area contributed by atoms with E-state index in [0.29, 0.717) is 0 Å². The van der Waals surface area contributed by atoms with E-state index in [0.717, 1.165) is 27.8 Å². The van der Waals surface area contributed by atoms with Crippen LogP contribution in [0.1, 0.15) is 22.9 Å². The maximum absolute atomic E-state index is 5.62. The summed E-state index contributed by atoms with van der Waals surface area (Å²) in [6.45, 7) is 1.99. The molecule has 0 spiro atoms. The molecule has 3 heteroatoms. The molecule has 0 saturated heterocycles. The average molecular weight is 252 g/mol. The van der Waals surface area contributed by atoms with Crippen molar-refractivity contribution in [2.75, 3.05) is 7.05 Å². The number of nitrogens with zero attached hydrogens (tertiary/aromatic N) is 1. The molecule has 19 heavy (non-hydrogen) atoms. The molecular formula is C16H16N2O. The van der Waals surface area contributed by atoms with Crippen LogP contribution in [0.5, 0.6) is 0 Å². The lowest BCUT2D eigenvalue weighted by molar-refractivity contribution is 0.596. The zero-order valence-corrected chi connectivity index (χ0v) is 11.1. The van der Waals surface area contributed by atoms with Gasteiger partial charge in [-0.1, -0.05) is 24.3 Å². The Balaban J connectivity index is 2.09. The normalized spacial score (nSPS) is 12.7. The molecular weight excluding hydrogens is 236 g/mol. The van der Waals surface area contributed by atoms with Crippen LogP contribution in [0.2, 0.25) is 0 Å². The first-order valence-electron chi connectivity index (χ1n) is 6.35. The summed E-state index contributed by atoms with van der Waals surface area (Å²) in [4.78, 5) is 4.37. The minimum atomic E-state index is 0.0942. The van der Waals surface area contributed by atoms with Gasteiger partial charge in [-0.05, 0) is 31.7 Å². The zero-order valence-electron chi connectivity index (χ0n) is 11.1. The minimum absolute atomic E-state index is 0.0942. The summed E-state index contributed by atoms with van der Waals surface area (Å²) in [6.07, 6.45) is 3.74. The fourth-order valence-electron chi connectivity index (χ4n) is 2.37. The highest BCUT2D eigenvalue weighted by Crippen LogP contribution is 2.30. The molecule has 3 rings (SSSR count). The van der Waals surface area contributed by atoms with Crippen LogP contribution in [0.25, 0.3) is 11.0 Å². The van der Waals surface area contributed by atoms with Crippen LogP contribution in [0.4, 0.5) is 0 Å². The van der Waals surface area contributed by atoms with Crippen LogP contribution in [-0.4, -0.2) is 12.0 Å². The molecule has 3 nitrogen and oxygen atoms in total. The van der Waals surface area contributed by atoms with E-state index in [9.17, 15) is 0 Å². The molecule has 3 aromatic rings. The third-order valence-corrected chi connectivity index (χ3v) is 3.38. The number of rotatable bonds is 3. The Morgan fingerprint density at radius 2 is 2.00 bits per heavy atom. The first-order valence-corrected chi connectivity index (χ1v) is 6.35. The molecule has 1 aromatic carbocycles. The molecule has 0 aliphatic rings. The highest BCUT2D eigenvalue weighted by atomic mass is 16.3. The van der Waals surface area contributed by atoms with E-state index in [1.165, 1.54) is 0 Å². The third-order valence-electron chi connectivity index (χ3n) is 3.38. The number of hydrogen-bond acceptors (Lipinski definition) is 3. The number of para-hydroxylation sites is 1. The lowest BCUT2D eigenvalue weighted by Gasteiger charge is -2.15. The molecule has 0 amide bonds. The molecule has 0 aliphatic heterocycles. The van der Waals surface area contributed by atoms with Crippen molar-refractivity contribution in [3.8, 4) is 0 Å². The van der Waals surface area contributed by atoms with Crippen molar-refractivity contribution >= 4 is 11.0 Å². The molecule has 0 bridgehead atoms. The van der Waals surface area contributed by atoms with Gasteiger partial charge >= 0.3 is 0 Å². The number of pyridine rings is 1. The highest BCUT2D eigenvalue weighted by molar-refractivity contribution is 5.81. The van der Waals surface area contributed by atoms with Crippen molar-refractivity contribution in [3.63, 3.8) is 0 Å². The molecule has 1 atom stereocenters. The van der Waals surface area contributed by atoms with Crippen LogP contribution in [0.15, 0.2) is 53.3 Å². The van der Waals surface area contributed by atoms with Gasteiger partial charge in [0.1, 0.15) is 5.58 Å². The quantitative estimate of drug-likeness (QED) is 0.776.